The van der Waals surface area contributed by atoms with E-state index in [0.29, 0.717) is 12.2 Å². The van der Waals surface area contributed by atoms with Crippen LogP contribution in [0, 0.1) is 13.8 Å². The van der Waals surface area contributed by atoms with Gasteiger partial charge in [0.15, 0.2) is 0 Å². The van der Waals surface area contributed by atoms with E-state index in [0.717, 1.165) is 52.7 Å². The van der Waals surface area contributed by atoms with Crippen molar-refractivity contribution >= 4 is 39.1 Å². The Morgan fingerprint density at radius 1 is 1.06 bits per heavy atom. The molecule has 1 aliphatic heterocycles. The van der Waals surface area contributed by atoms with Crippen molar-refractivity contribution in [2.24, 2.45) is 0 Å². The van der Waals surface area contributed by atoms with Crippen molar-refractivity contribution in [3.05, 3.63) is 52.5 Å². The van der Waals surface area contributed by atoms with Crippen molar-refractivity contribution in [2.45, 2.75) is 83.8 Å². The number of hydrogen-bond acceptors (Lipinski definition) is 3. The number of aryl methyl sites for hydroxylation is 2. The fraction of sp³-hybridized carbons (Fsp3) is 0.481. The van der Waals surface area contributed by atoms with Crippen molar-refractivity contribution in [1.82, 2.24) is 9.88 Å². The van der Waals surface area contributed by atoms with Crippen LogP contribution in [0.5, 0.6) is 0 Å². The van der Waals surface area contributed by atoms with Gasteiger partial charge in [0.2, 0.25) is 5.91 Å². The smallest absolute Gasteiger partial charge is 0.275 e. The summed E-state index contributed by atoms with van der Waals surface area (Å²) in [4.78, 5) is 29.8. The molecule has 6 heteroatoms. The van der Waals surface area contributed by atoms with Crippen LogP contribution in [-0.4, -0.2) is 28.0 Å². The summed E-state index contributed by atoms with van der Waals surface area (Å²) in [5, 5.41) is 5.42. The van der Waals surface area contributed by atoms with Crippen LogP contribution in [0.25, 0.3) is 10.2 Å². The summed E-state index contributed by atoms with van der Waals surface area (Å²) in [5.74, 6) is -0.154. The molecule has 2 aromatic heterocycles. The predicted octanol–water partition coefficient (Wildman–Crippen LogP) is 5.97. The van der Waals surface area contributed by atoms with Crippen molar-refractivity contribution in [3.63, 3.8) is 0 Å². The average Bonchev–Trinajstić information content (AvgIpc) is 3.35. The molecule has 5 nitrogen and oxygen atoms in total. The topological polar surface area (TPSA) is 54.3 Å². The normalized spacial score (nSPS) is 22.2. The molecule has 3 heterocycles. The Hall–Kier alpha value is -2.60. The van der Waals surface area contributed by atoms with Gasteiger partial charge in [-0.05, 0) is 68.3 Å². The number of aromatic nitrogens is 1. The second-order valence-electron chi connectivity index (χ2n) is 10.0. The average molecular weight is 464 g/mol. The lowest BCUT2D eigenvalue weighted by Gasteiger charge is -2.45. The van der Waals surface area contributed by atoms with E-state index in [4.69, 9.17) is 0 Å². The summed E-state index contributed by atoms with van der Waals surface area (Å²) >= 11 is 1.63. The van der Waals surface area contributed by atoms with Crippen LogP contribution in [0.2, 0.25) is 0 Å². The van der Waals surface area contributed by atoms with E-state index < -0.39 is 5.54 Å². The second-order valence-corrected chi connectivity index (χ2v) is 11.0. The van der Waals surface area contributed by atoms with E-state index in [2.05, 4.69) is 17.4 Å². The van der Waals surface area contributed by atoms with Gasteiger partial charge in [-0.2, -0.15) is 0 Å². The number of carbonyl (C=O) groups excluding carboxylic acids is 2. The monoisotopic (exact) mass is 463 g/mol. The molecule has 1 atom stereocenters. The minimum absolute atomic E-state index is 0.0509. The molecular weight excluding hydrogens is 430 g/mol. The molecule has 0 bridgehead atoms. The molecule has 1 unspecified atom stereocenters. The standard InChI is InChI=1S/C27H33N3O2S/c1-18-11-12-19(2)22(15-18)30-25(31)23-16-24-21(13-14-33-24)29(23)17-27(30,3)26(32)28-20-9-7-5-4-6-8-10-20/h11-16,20H,4-10,17H2,1-3H3,(H,28,32). The zero-order valence-corrected chi connectivity index (χ0v) is 20.6. The maximum absolute atomic E-state index is 14.0. The minimum atomic E-state index is -1.01. The number of fused-ring (bicyclic) bond motifs is 3. The van der Waals surface area contributed by atoms with Crippen LogP contribution in [0.4, 0.5) is 5.69 Å². The highest BCUT2D eigenvalue weighted by Crippen LogP contribution is 2.38. The first kappa shape index (κ1) is 22.2. The third-order valence-electron chi connectivity index (χ3n) is 7.44. The number of carbonyl (C=O) groups is 2. The SMILES string of the molecule is Cc1ccc(C)c(N2C(=O)c3cc4sccc4n3CC2(C)C(=O)NC2CCCCCCC2)c1. The number of anilines is 1. The Kier molecular flexibility index (Phi) is 5.81. The molecule has 2 amide bonds. The molecule has 174 valence electrons. The van der Waals surface area contributed by atoms with Crippen LogP contribution in [0.1, 0.15) is 73.5 Å². The quantitative estimate of drug-likeness (QED) is 0.520. The number of nitrogens with zero attached hydrogens (tertiary/aromatic N) is 2. The Balaban J connectivity index is 1.58. The molecule has 1 aliphatic carbocycles. The number of rotatable bonds is 3. The molecule has 3 aromatic rings. The number of nitrogens with one attached hydrogen (secondary N) is 1. The zero-order chi connectivity index (χ0) is 23.2. The van der Waals surface area contributed by atoms with Crippen molar-refractivity contribution in [2.75, 3.05) is 4.90 Å². The summed E-state index contributed by atoms with van der Waals surface area (Å²) in [6.45, 7) is 6.43. The van der Waals surface area contributed by atoms with Gasteiger partial charge in [-0.15, -0.1) is 11.3 Å². The molecule has 1 aromatic carbocycles. The van der Waals surface area contributed by atoms with Gasteiger partial charge < -0.3 is 9.88 Å². The number of hydrogen-bond donors (Lipinski definition) is 1. The van der Waals surface area contributed by atoms with E-state index in [1.54, 1.807) is 16.2 Å². The lowest BCUT2D eigenvalue weighted by molar-refractivity contribution is -0.127. The van der Waals surface area contributed by atoms with Crippen LogP contribution in [-0.2, 0) is 11.3 Å². The van der Waals surface area contributed by atoms with Crippen molar-refractivity contribution in [1.29, 1.82) is 0 Å². The lowest BCUT2D eigenvalue weighted by Crippen LogP contribution is -2.65. The van der Waals surface area contributed by atoms with E-state index in [1.807, 2.05) is 48.9 Å². The van der Waals surface area contributed by atoms with Gasteiger partial charge in [0.05, 0.1) is 16.8 Å². The molecule has 33 heavy (non-hydrogen) atoms. The third-order valence-corrected chi connectivity index (χ3v) is 8.29. The number of amides is 2. The molecule has 5 rings (SSSR count). The summed E-state index contributed by atoms with van der Waals surface area (Å²) < 4.78 is 3.14. The fourth-order valence-corrected chi connectivity index (χ4v) is 6.31. The minimum Gasteiger partial charge on any atom is -0.351 e. The molecule has 1 N–H and O–H groups in total. The summed E-state index contributed by atoms with van der Waals surface area (Å²) in [6, 6.07) is 10.3. The second kappa shape index (κ2) is 8.64. The largest absolute Gasteiger partial charge is 0.351 e. The summed E-state index contributed by atoms with van der Waals surface area (Å²) in [5.41, 5.74) is 3.58. The van der Waals surface area contributed by atoms with E-state index >= 15 is 0 Å². The molecule has 0 saturated heterocycles. The summed E-state index contributed by atoms with van der Waals surface area (Å²) in [6.07, 6.45) is 8.10. The number of benzene rings is 1. The van der Waals surface area contributed by atoms with Crippen molar-refractivity contribution < 1.29 is 9.59 Å². The van der Waals surface area contributed by atoms with Crippen LogP contribution in [0.15, 0.2) is 35.7 Å². The molecule has 1 fully saturated rings. The first-order valence-electron chi connectivity index (χ1n) is 12.2. The third kappa shape index (κ3) is 3.88. The Labute approximate surface area is 199 Å². The first-order valence-corrected chi connectivity index (χ1v) is 13.1. The van der Waals surface area contributed by atoms with Gasteiger partial charge in [0.25, 0.3) is 5.91 Å². The number of thiophene rings is 1. The van der Waals surface area contributed by atoms with Gasteiger partial charge in [0.1, 0.15) is 11.2 Å². The molecule has 1 saturated carbocycles. The Morgan fingerprint density at radius 3 is 2.55 bits per heavy atom. The van der Waals surface area contributed by atoms with Crippen molar-refractivity contribution in [3.8, 4) is 0 Å². The van der Waals surface area contributed by atoms with E-state index in [-0.39, 0.29) is 17.9 Å². The van der Waals surface area contributed by atoms with Gasteiger partial charge in [-0.3, -0.25) is 14.5 Å². The van der Waals surface area contributed by atoms with Crippen LogP contribution in [0.3, 0.4) is 0 Å². The highest BCUT2D eigenvalue weighted by molar-refractivity contribution is 7.17. The highest BCUT2D eigenvalue weighted by Gasteiger charge is 2.49. The predicted molar refractivity (Wildman–Crippen MR) is 135 cm³/mol. The van der Waals surface area contributed by atoms with Gasteiger partial charge in [-0.25, -0.2) is 0 Å². The van der Waals surface area contributed by atoms with Gasteiger partial charge in [0, 0.05) is 11.7 Å². The fourth-order valence-electron chi connectivity index (χ4n) is 5.49. The maximum Gasteiger partial charge on any atom is 0.275 e. The van der Waals surface area contributed by atoms with Crippen LogP contribution < -0.4 is 10.2 Å². The molecular formula is C27H33N3O2S. The first-order chi connectivity index (χ1) is 15.9. The molecule has 0 radical (unpaired) electrons. The van der Waals surface area contributed by atoms with Gasteiger partial charge in [-0.1, -0.05) is 44.2 Å². The lowest BCUT2D eigenvalue weighted by atomic mass is 9.90. The van der Waals surface area contributed by atoms with Gasteiger partial charge >= 0.3 is 0 Å². The Morgan fingerprint density at radius 2 is 1.79 bits per heavy atom. The maximum atomic E-state index is 14.0. The highest BCUT2D eigenvalue weighted by atomic mass is 32.1. The van der Waals surface area contributed by atoms with E-state index in [1.165, 1.54) is 19.3 Å². The molecule has 2 aliphatic rings. The summed E-state index contributed by atoms with van der Waals surface area (Å²) in [7, 11) is 0. The van der Waals surface area contributed by atoms with E-state index in [9.17, 15) is 9.59 Å². The molecule has 0 spiro atoms. The zero-order valence-electron chi connectivity index (χ0n) is 19.8. The Bertz CT molecular complexity index is 1200. The van der Waals surface area contributed by atoms with Crippen LogP contribution >= 0.6 is 11.3 Å².